The number of hydrogen-bond donors (Lipinski definition) is 0. The highest BCUT2D eigenvalue weighted by Crippen LogP contribution is 2.34. The first kappa shape index (κ1) is 12.4. The molecule has 0 aromatic heterocycles. The minimum absolute atomic E-state index is 0.274. The number of halogens is 4. The van der Waals surface area contributed by atoms with Crippen molar-refractivity contribution in [2.75, 3.05) is 0 Å². The van der Waals surface area contributed by atoms with Gasteiger partial charge in [-0.05, 0) is 30.3 Å². The monoisotopic (exact) mass is 256 g/mol. The third-order valence-electron chi connectivity index (χ3n) is 2.23. The molecule has 0 bridgehead atoms. The summed E-state index contributed by atoms with van der Waals surface area (Å²) < 4.78 is 55.8. The van der Waals surface area contributed by atoms with Crippen LogP contribution in [0, 0.1) is 5.82 Å². The Morgan fingerprint density at radius 3 is 2.17 bits per heavy atom. The third kappa shape index (κ3) is 2.80. The molecule has 0 spiro atoms. The van der Waals surface area contributed by atoms with Crippen LogP contribution in [-0.2, 0) is 6.18 Å². The molecule has 94 valence electrons. The average molecular weight is 256 g/mol. The van der Waals surface area contributed by atoms with Crippen molar-refractivity contribution in [1.29, 1.82) is 0 Å². The highest BCUT2D eigenvalue weighted by atomic mass is 19.4. The van der Waals surface area contributed by atoms with E-state index in [9.17, 15) is 17.6 Å². The number of benzene rings is 2. The molecule has 0 aliphatic heterocycles. The van der Waals surface area contributed by atoms with Gasteiger partial charge >= 0.3 is 6.18 Å². The second-order valence-electron chi connectivity index (χ2n) is 3.56. The zero-order chi connectivity index (χ0) is 13.2. The number of rotatable bonds is 2. The van der Waals surface area contributed by atoms with Gasteiger partial charge in [-0.15, -0.1) is 0 Å². The molecule has 0 amide bonds. The van der Waals surface area contributed by atoms with E-state index >= 15 is 0 Å². The van der Waals surface area contributed by atoms with E-state index < -0.39 is 23.3 Å². The van der Waals surface area contributed by atoms with Crippen molar-refractivity contribution in [3.8, 4) is 11.5 Å². The van der Waals surface area contributed by atoms with Crippen LogP contribution in [0.5, 0.6) is 11.5 Å². The SMILES string of the molecule is Fc1ccc(C(F)(F)F)cc1Oc1ccccc1. The van der Waals surface area contributed by atoms with Gasteiger partial charge < -0.3 is 4.74 Å². The van der Waals surface area contributed by atoms with E-state index in [-0.39, 0.29) is 5.75 Å². The van der Waals surface area contributed by atoms with Crippen LogP contribution in [0.25, 0.3) is 0 Å². The summed E-state index contributed by atoms with van der Waals surface area (Å²) in [6.45, 7) is 0. The second-order valence-corrected chi connectivity index (χ2v) is 3.56. The van der Waals surface area contributed by atoms with Gasteiger partial charge in [-0.25, -0.2) is 4.39 Å². The van der Waals surface area contributed by atoms with Crippen molar-refractivity contribution in [3.63, 3.8) is 0 Å². The van der Waals surface area contributed by atoms with Crippen LogP contribution in [0.2, 0.25) is 0 Å². The molecule has 0 unspecified atom stereocenters. The lowest BCUT2D eigenvalue weighted by molar-refractivity contribution is -0.137. The maximum Gasteiger partial charge on any atom is 0.416 e. The molecule has 0 N–H and O–H groups in total. The zero-order valence-electron chi connectivity index (χ0n) is 9.04. The van der Waals surface area contributed by atoms with Crippen LogP contribution in [0.1, 0.15) is 5.56 Å². The Balaban J connectivity index is 2.33. The predicted molar refractivity (Wildman–Crippen MR) is 57.9 cm³/mol. The van der Waals surface area contributed by atoms with Gasteiger partial charge in [0, 0.05) is 0 Å². The molecule has 2 aromatic carbocycles. The van der Waals surface area contributed by atoms with E-state index in [4.69, 9.17) is 4.74 Å². The predicted octanol–water partition coefficient (Wildman–Crippen LogP) is 4.64. The molecule has 18 heavy (non-hydrogen) atoms. The van der Waals surface area contributed by atoms with Crippen LogP contribution in [0.4, 0.5) is 17.6 Å². The van der Waals surface area contributed by atoms with Crippen LogP contribution >= 0.6 is 0 Å². The summed E-state index contributed by atoms with van der Waals surface area (Å²) in [5.41, 5.74) is -0.949. The smallest absolute Gasteiger partial charge is 0.416 e. The third-order valence-corrected chi connectivity index (χ3v) is 2.23. The Morgan fingerprint density at radius 1 is 0.889 bits per heavy atom. The van der Waals surface area contributed by atoms with Crippen molar-refractivity contribution in [1.82, 2.24) is 0 Å². The second kappa shape index (κ2) is 4.68. The number of para-hydroxylation sites is 1. The van der Waals surface area contributed by atoms with Crippen molar-refractivity contribution in [2.45, 2.75) is 6.18 Å². The molecular formula is C13H8F4O. The molecule has 0 heterocycles. The maximum atomic E-state index is 13.4. The van der Waals surface area contributed by atoms with Gasteiger partial charge in [-0.3, -0.25) is 0 Å². The molecule has 1 nitrogen and oxygen atoms in total. The van der Waals surface area contributed by atoms with E-state index in [0.717, 1.165) is 6.07 Å². The molecule has 2 rings (SSSR count). The quantitative estimate of drug-likeness (QED) is 0.711. The van der Waals surface area contributed by atoms with Crippen LogP contribution in [0.3, 0.4) is 0 Å². The number of ether oxygens (including phenoxy) is 1. The minimum Gasteiger partial charge on any atom is -0.454 e. The lowest BCUT2D eigenvalue weighted by atomic mass is 10.2. The van der Waals surface area contributed by atoms with E-state index in [1.807, 2.05) is 0 Å². The molecule has 5 heteroatoms. The molecule has 0 aliphatic carbocycles. The van der Waals surface area contributed by atoms with E-state index in [2.05, 4.69) is 0 Å². The van der Waals surface area contributed by atoms with E-state index in [1.54, 1.807) is 18.2 Å². The lowest BCUT2D eigenvalue weighted by Gasteiger charge is -2.10. The number of hydrogen-bond acceptors (Lipinski definition) is 1. The molecule has 0 saturated heterocycles. The molecule has 0 fully saturated rings. The first-order chi connectivity index (χ1) is 8.47. The first-order valence-electron chi connectivity index (χ1n) is 5.06. The van der Waals surface area contributed by atoms with Gasteiger partial charge in [0.15, 0.2) is 11.6 Å². The van der Waals surface area contributed by atoms with Gasteiger partial charge in [0.25, 0.3) is 0 Å². The van der Waals surface area contributed by atoms with Crippen LogP contribution in [-0.4, -0.2) is 0 Å². The van der Waals surface area contributed by atoms with Crippen molar-refractivity contribution in [3.05, 3.63) is 59.9 Å². The maximum absolute atomic E-state index is 13.4. The van der Waals surface area contributed by atoms with Crippen molar-refractivity contribution < 1.29 is 22.3 Å². The zero-order valence-corrected chi connectivity index (χ0v) is 9.04. The fraction of sp³-hybridized carbons (Fsp3) is 0.0769. The summed E-state index contributed by atoms with van der Waals surface area (Å²) in [7, 11) is 0. The Hall–Kier alpha value is -2.04. The fourth-order valence-electron chi connectivity index (χ4n) is 1.37. The van der Waals surface area contributed by atoms with Crippen LogP contribution in [0.15, 0.2) is 48.5 Å². The topological polar surface area (TPSA) is 9.23 Å². The summed E-state index contributed by atoms with van der Waals surface area (Å²) in [5.74, 6) is -1.02. The summed E-state index contributed by atoms with van der Waals surface area (Å²) in [6, 6.07) is 10.1. The fourth-order valence-corrected chi connectivity index (χ4v) is 1.37. The molecule has 0 radical (unpaired) electrons. The highest BCUT2D eigenvalue weighted by Gasteiger charge is 2.31. The van der Waals surface area contributed by atoms with Gasteiger partial charge in [0.1, 0.15) is 5.75 Å². The Bertz CT molecular complexity index is 534. The summed E-state index contributed by atoms with van der Waals surface area (Å²) in [4.78, 5) is 0. The molecule has 0 aliphatic rings. The van der Waals surface area contributed by atoms with Gasteiger partial charge in [0.05, 0.1) is 5.56 Å². The minimum atomic E-state index is -4.53. The average Bonchev–Trinajstić information content (AvgIpc) is 2.32. The van der Waals surface area contributed by atoms with Gasteiger partial charge in [-0.1, -0.05) is 18.2 Å². The Kier molecular flexibility index (Phi) is 3.23. The summed E-state index contributed by atoms with van der Waals surface area (Å²) in [5, 5.41) is 0. The number of alkyl halides is 3. The first-order valence-corrected chi connectivity index (χ1v) is 5.06. The summed E-state index contributed by atoms with van der Waals surface area (Å²) >= 11 is 0. The van der Waals surface area contributed by atoms with Crippen molar-refractivity contribution in [2.24, 2.45) is 0 Å². The van der Waals surface area contributed by atoms with Gasteiger partial charge in [-0.2, -0.15) is 13.2 Å². The van der Waals surface area contributed by atoms with Crippen LogP contribution < -0.4 is 4.74 Å². The Labute approximate surface area is 101 Å². The van der Waals surface area contributed by atoms with E-state index in [0.29, 0.717) is 12.1 Å². The molecule has 2 aromatic rings. The highest BCUT2D eigenvalue weighted by molar-refractivity contribution is 5.36. The molecule has 0 saturated carbocycles. The largest absolute Gasteiger partial charge is 0.454 e. The molecular weight excluding hydrogens is 248 g/mol. The van der Waals surface area contributed by atoms with E-state index in [1.165, 1.54) is 12.1 Å². The standard InChI is InChI=1S/C13H8F4O/c14-11-7-6-9(13(15,16)17)8-12(11)18-10-4-2-1-3-5-10/h1-8H. The normalized spacial score (nSPS) is 11.3. The van der Waals surface area contributed by atoms with Crippen molar-refractivity contribution >= 4 is 0 Å². The molecule has 0 atom stereocenters. The Morgan fingerprint density at radius 2 is 1.56 bits per heavy atom. The lowest BCUT2D eigenvalue weighted by Crippen LogP contribution is -2.05. The summed E-state index contributed by atoms with van der Waals surface area (Å²) in [6.07, 6.45) is -4.53. The van der Waals surface area contributed by atoms with Gasteiger partial charge in [0.2, 0.25) is 0 Å².